The standard InChI is InChI=1S/C23H20BrOPS3/c1-2-25-23(27)29-22(18-13-15-19(24)16-14-18)17-26(28,20-9-5-3-6-10-20)21-11-7-4-8-12-21/h3-17H,2H2,1H3/b22-17+. The van der Waals surface area contributed by atoms with Crippen LogP contribution in [0.4, 0.5) is 0 Å². The number of ether oxygens (including phenoxy) is 1. The van der Waals surface area contributed by atoms with Crippen molar-refractivity contribution in [2.45, 2.75) is 6.92 Å². The van der Waals surface area contributed by atoms with Gasteiger partial charge in [0.05, 0.1) is 6.61 Å². The highest BCUT2D eigenvalue weighted by molar-refractivity contribution is 9.10. The molecule has 0 aliphatic heterocycles. The van der Waals surface area contributed by atoms with Crippen molar-refractivity contribution in [1.29, 1.82) is 0 Å². The molecule has 0 radical (unpaired) electrons. The van der Waals surface area contributed by atoms with Gasteiger partial charge in [0.2, 0.25) is 4.38 Å². The highest BCUT2D eigenvalue weighted by Gasteiger charge is 2.22. The Morgan fingerprint density at radius 1 is 0.931 bits per heavy atom. The molecule has 0 atom stereocenters. The van der Waals surface area contributed by atoms with Crippen LogP contribution in [0, 0.1) is 0 Å². The first-order chi connectivity index (χ1) is 14.0. The molecule has 0 fully saturated rings. The van der Waals surface area contributed by atoms with Gasteiger partial charge in [-0.25, -0.2) is 0 Å². The number of thiocarbonyl (C=S) groups is 1. The zero-order valence-electron chi connectivity index (χ0n) is 15.8. The minimum Gasteiger partial charge on any atom is -0.479 e. The monoisotopic (exact) mass is 518 g/mol. The average molecular weight is 519 g/mol. The lowest BCUT2D eigenvalue weighted by Crippen LogP contribution is -2.14. The van der Waals surface area contributed by atoms with E-state index in [1.165, 1.54) is 11.8 Å². The maximum Gasteiger partial charge on any atom is 0.224 e. The largest absolute Gasteiger partial charge is 0.479 e. The summed E-state index contributed by atoms with van der Waals surface area (Å²) in [5, 5.41) is 2.30. The number of thioether (sulfide) groups is 1. The van der Waals surface area contributed by atoms with Gasteiger partial charge in [-0.1, -0.05) is 101 Å². The predicted octanol–water partition coefficient (Wildman–Crippen LogP) is 6.93. The topological polar surface area (TPSA) is 9.23 Å². The van der Waals surface area contributed by atoms with Gasteiger partial charge in [0.25, 0.3) is 0 Å². The summed E-state index contributed by atoms with van der Waals surface area (Å²) in [6.07, 6.45) is 0. The molecule has 0 aromatic heterocycles. The lowest BCUT2D eigenvalue weighted by molar-refractivity contribution is 0.346. The summed E-state index contributed by atoms with van der Waals surface area (Å²) in [7, 11) is 0. The van der Waals surface area contributed by atoms with Gasteiger partial charge < -0.3 is 4.74 Å². The van der Waals surface area contributed by atoms with Crippen molar-refractivity contribution in [3.8, 4) is 0 Å². The van der Waals surface area contributed by atoms with Crippen LogP contribution in [0.5, 0.6) is 0 Å². The van der Waals surface area contributed by atoms with Gasteiger partial charge in [0.1, 0.15) is 0 Å². The molecule has 1 nitrogen and oxygen atoms in total. The molecule has 0 unspecified atom stereocenters. The molecule has 0 saturated heterocycles. The van der Waals surface area contributed by atoms with Crippen molar-refractivity contribution in [3.05, 3.63) is 101 Å². The van der Waals surface area contributed by atoms with Crippen molar-refractivity contribution in [2.75, 3.05) is 6.61 Å². The highest BCUT2D eigenvalue weighted by Crippen LogP contribution is 2.50. The second kappa shape index (κ2) is 10.7. The number of hydrogen-bond acceptors (Lipinski definition) is 4. The SMILES string of the molecule is CCOC(=S)S/C(=C/P(=S)(c1ccccc1)c1ccccc1)c1ccc(Br)cc1. The van der Waals surface area contributed by atoms with Crippen LogP contribution in [-0.2, 0) is 16.5 Å². The number of halogens is 1. The molecule has 3 rings (SSSR count). The van der Waals surface area contributed by atoms with Crippen molar-refractivity contribution < 1.29 is 4.74 Å². The molecule has 6 heteroatoms. The summed E-state index contributed by atoms with van der Waals surface area (Å²) in [5.41, 5.74) is 1.07. The fourth-order valence-electron chi connectivity index (χ4n) is 2.77. The Balaban J connectivity index is 2.18. The molecule has 0 heterocycles. The van der Waals surface area contributed by atoms with Gasteiger partial charge in [-0.3, -0.25) is 0 Å². The van der Waals surface area contributed by atoms with Crippen LogP contribution in [0.25, 0.3) is 4.91 Å². The maximum absolute atomic E-state index is 6.38. The molecule has 0 saturated carbocycles. The molecule has 0 bridgehead atoms. The van der Waals surface area contributed by atoms with Gasteiger partial charge in [0, 0.05) is 15.4 Å². The highest BCUT2D eigenvalue weighted by atomic mass is 79.9. The summed E-state index contributed by atoms with van der Waals surface area (Å²) in [5.74, 6) is 2.23. The van der Waals surface area contributed by atoms with E-state index in [1.54, 1.807) is 0 Å². The van der Waals surface area contributed by atoms with E-state index in [-0.39, 0.29) is 0 Å². The van der Waals surface area contributed by atoms with Crippen LogP contribution in [0.15, 0.2) is 95.2 Å². The van der Waals surface area contributed by atoms with Gasteiger partial charge in [-0.05, 0) is 65.0 Å². The zero-order chi connectivity index (χ0) is 20.7. The van der Waals surface area contributed by atoms with Gasteiger partial charge in [0.15, 0.2) is 0 Å². The summed E-state index contributed by atoms with van der Waals surface area (Å²) in [6.45, 7) is 2.49. The minimum absolute atomic E-state index is 0.504. The number of benzene rings is 3. The second-order valence-corrected chi connectivity index (χ2v) is 13.0. The van der Waals surface area contributed by atoms with Crippen LogP contribution in [0.2, 0.25) is 0 Å². The van der Waals surface area contributed by atoms with Crippen molar-refractivity contribution >= 4 is 77.7 Å². The van der Waals surface area contributed by atoms with E-state index in [9.17, 15) is 0 Å². The first-order valence-corrected chi connectivity index (χ1v) is 14.0. The molecule has 0 N–H and O–H groups in total. The molecule has 0 aliphatic rings. The van der Waals surface area contributed by atoms with E-state index in [4.69, 9.17) is 28.8 Å². The summed E-state index contributed by atoms with van der Waals surface area (Å²) in [4.78, 5) is 1.02. The van der Waals surface area contributed by atoms with Crippen molar-refractivity contribution in [1.82, 2.24) is 0 Å². The normalized spacial score (nSPS) is 11.9. The van der Waals surface area contributed by atoms with Crippen molar-refractivity contribution in [2.24, 2.45) is 0 Å². The Hall–Kier alpha value is -1.23. The van der Waals surface area contributed by atoms with Crippen molar-refractivity contribution in [3.63, 3.8) is 0 Å². The predicted molar refractivity (Wildman–Crippen MR) is 140 cm³/mol. The van der Waals surface area contributed by atoms with E-state index >= 15 is 0 Å². The Morgan fingerprint density at radius 2 is 1.45 bits per heavy atom. The zero-order valence-corrected chi connectivity index (χ0v) is 20.8. The molecular formula is C23H20BrOPS3. The van der Waals surface area contributed by atoms with E-state index < -0.39 is 6.04 Å². The summed E-state index contributed by atoms with van der Waals surface area (Å²) in [6, 6.07) is 26.7. The Bertz CT molecular complexity index is 991. The first kappa shape index (κ1) is 22.5. The first-order valence-electron chi connectivity index (χ1n) is 9.07. The van der Waals surface area contributed by atoms with E-state index in [2.05, 4.69) is 58.1 Å². The van der Waals surface area contributed by atoms with E-state index in [0.717, 1.165) is 25.6 Å². The van der Waals surface area contributed by atoms with E-state index in [0.29, 0.717) is 11.0 Å². The molecular weight excluding hydrogens is 499 g/mol. The smallest absolute Gasteiger partial charge is 0.224 e. The lowest BCUT2D eigenvalue weighted by atomic mass is 10.2. The lowest BCUT2D eigenvalue weighted by Gasteiger charge is -2.22. The number of hydrogen-bond donors (Lipinski definition) is 0. The fraction of sp³-hybridized carbons (Fsp3) is 0.0870. The summed E-state index contributed by atoms with van der Waals surface area (Å²) >= 11 is 16.8. The van der Waals surface area contributed by atoms with Crippen LogP contribution in [0.3, 0.4) is 0 Å². The van der Waals surface area contributed by atoms with Gasteiger partial charge >= 0.3 is 0 Å². The third-order valence-electron chi connectivity index (χ3n) is 4.16. The third-order valence-corrected chi connectivity index (χ3v) is 10.4. The molecule has 29 heavy (non-hydrogen) atoms. The Morgan fingerprint density at radius 3 is 1.93 bits per heavy atom. The van der Waals surface area contributed by atoms with Crippen LogP contribution >= 0.6 is 45.9 Å². The Labute approximate surface area is 195 Å². The molecule has 3 aromatic carbocycles. The number of rotatable bonds is 6. The summed E-state index contributed by atoms with van der Waals surface area (Å²) < 4.78 is 7.10. The minimum atomic E-state index is -2.21. The Kier molecular flexibility index (Phi) is 8.28. The van der Waals surface area contributed by atoms with Crippen LogP contribution < -0.4 is 10.6 Å². The molecule has 0 spiro atoms. The van der Waals surface area contributed by atoms with Crippen LogP contribution in [0.1, 0.15) is 12.5 Å². The molecule has 0 amide bonds. The second-order valence-electron chi connectivity index (χ2n) is 6.11. The molecule has 0 aliphatic carbocycles. The van der Waals surface area contributed by atoms with Gasteiger partial charge in [-0.2, -0.15) is 0 Å². The quantitative estimate of drug-likeness (QED) is 0.258. The average Bonchev–Trinajstić information content (AvgIpc) is 2.75. The molecule has 148 valence electrons. The third kappa shape index (κ3) is 5.90. The maximum atomic E-state index is 6.38. The molecule has 3 aromatic rings. The van der Waals surface area contributed by atoms with Crippen LogP contribution in [-0.4, -0.2) is 11.0 Å². The fourth-order valence-corrected chi connectivity index (χ4v) is 8.27. The van der Waals surface area contributed by atoms with Gasteiger partial charge in [-0.15, -0.1) is 0 Å². The van der Waals surface area contributed by atoms with E-state index in [1.807, 2.05) is 55.5 Å².